The Hall–Kier alpha value is -0.950. The molecule has 1 N–H and O–H groups in total. The van der Waals surface area contributed by atoms with E-state index in [9.17, 15) is 8.42 Å². The largest absolute Gasteiger partial charge is 0.263 e. The van der Waals surface area contributed by atoms with Crippen LogP contribution in [0.25, 0.3) is 0 Å². The fourth-order valence-electron chi connectivity index (χ4n) is 1.83. The van der Waals surface area contributed by atoms with Gasteiger partial charge in [0.05, 0.1) is 5.02 Å². The maximum Gasteiger partial charge on any atom is 0.243 e. The molecule has 0 saturated heterocycles. The number of hydrogen-bond acceptors (Lipinski definition) is 4. The molecule has 0 aliphatic heterocycles. The zero-order valence-electron chi connectivity index (χ0n) is 11.1. The predicted molar refractivity (Wildman–Crippen MR) is 81.8 cm³/mol. The summed E-state index contributed by atoms with van der Waals surface area (Å²) in [7, 11) is -3.64. The Morgan fingerprint density at radius 3 is 2.75 bits per heavy atom. The molecular weight excluding hydrogens is 316 g/mol. The molecule has 0 aliphatic carbocycles. The van der Waals surface area contributed by atoms with Crippen molar-refractivity contribution in [2.24, 2.45) is 0 Å². The average Bonchev–Trinajstić information content (AvgIpc) is 2.74. The highest BCUT2D eigenvalue weighted by Gasteiger charge is 2.20. The van der Waals surface area contributed by atoms with Crippen molar-refractivity contribution in [1.29, 1.82) is 0 Å². The summed E-state index contributed by atoms with van der Waals surface area (Å²) in [5, 5.41) is 0.173. The lowest BCUT2D eigenvalue weighted by Gasteiger charge is -2.13. The standard InChI is InChI=1S/C13H15ClN2O2S2/c1-9(7-11-4-3-10(2)19-11)16-20(17,18)13-8-15-6-5-12(13)14/h3-6,8-9,16H,7H2,1-2H3. The van der Waals surface area contributed by atoms with Gasteiger partial charge in [0.2, 0.25) is 10.0 Å². The molecule has 0 aliphatic rings. The fourth-order valence-corrected chi connectivity index (χ4v) is 4.52. The van der Waals surface area contributed by atoms with E-state index in [0.29, 0.717) is 6.42 Å². The highest BCUT2D eigenvalue weighted by molar-refractivity contribution is 7.89. The lowest BCUT2D eigenvalue weighted by Crippen LogP contribution is -2.34. The van der Waals surface area contributed by atoms with E-state index in [1.54, 1.807) is 11.3 Å². The first-order chi connectivity index (χ1) is 9.38. The summed E-state index contributed by atoms with van der Waals surface area (Å²) in [4.78, 5) is 6.18. The molecule has 2 heterocycles. The molecule has 0 aromatic carbocycles. The number of aryl methyl sites for hydroxylation is 1. The fraction of sp³-hybridized carbons (Fsp3) is 0.308. The zero-order valence-corrected chi connectivity index (χ0v) is 13.5. The van der Waals surface area contributed by atoms with Crippen LogP contribution >= 0.6 is 22.9 Å². The van der Waals surface area contributed by atoms with E-state index in [0.717, 1.165) is 4.88 Å². The van der Waals surface area contributed by atoms with Gasteiger partial charge in [-0.2, -0.15) is 0 Å². The number of nitrogens with one attached hydrogen (secondary N) is 1. The van der Waals surface area contributed by atoms with Crippen molar-refractivity contribution in [1.82, 2.24) is 9.71 Å². The van der Waals surface area contributed by atoms with E-state index in [-0.39, 0.29) is 16.0 Å². The van der Waals surface area contributed by atoms with E-state index in [4.69, 9.17) is 11.6 Å². The van der Waals surface area contributed by atoms with Crippen molar-refractivity contribution in [2.75, 3.05) is 0 Å². The third-order valence-corrected chi connectivity index (χ3v) is 5.77. The van der Waals surface area contributed by atoms with Gasteiger partial charge in [-0.3, -0.25) is 4.98 Å². The van der Waals surface area contributed by atoms with Crippen LogP contribution in [0.2, 0.25) is 5.02 Å². The molecule has 4 nitrogen and oxygen atoms in total. The number of hydrogen-bond donors (Lipinski definition) is 1. The van der Waals surface area contributed by atoms with E-state index < -0.39 is 10.0 Å². The SMILES string of the molecule is Cc1ccc(CC(C)NS(=O)(=O)c2cnccc2Cl)s1. The predicted octanol–water partition coefficient (Wildman–Crippen LogP) is 3.01. The minimum absolute atomic E-state index is 0.0101. The smallest absolute Gasteiger partial charge is 0.243 e. The molecule has 2 aromatic rings. The van der Waals surface area contributed by atoms with Crippen molar-refractivity contribution < 1.29 is 8.42 Å². The Morgan fingerprint density at radius 2 is 2.15 bits per heavy atom. The monoisotopic (exact) mass is 330 g/mol. The number of pyridine rings is 1. The second kappa shape index (κ2) is 6.22. The minimum atomic E-state index is -3.64. The van der Waals surface area contributed by atoms with E-state index in [1.165, 1.54) is 23.3 Å². The molecule has 0 amide bonds. The molecule has 0 fully saturated rings. The number of rotatable bonds is 5. The Morgan fingerprint density at radius 1 is 1.40 bits per heavy atom. The van der Waals surface area contributed by atoms with Crippen LogP contribution in [-0.2, 0) is 16.4 Å². The maximum atomic E-state index is 12.2. The van der Waals surface area contributed by atoms with Gasteiger partial charge >= 0.3 is 0 Å². The summed E-state index contributed by atoms with van der Waals surface area (Å²) in [5.74, 6) is 0. The quantitative estimate of drug-likeness (QED) is 0.916. The molecule has 7 heteroatoms. The van der Waals surface area contributed by atoms with E-state index in [1.807, 2.05) is 26.0 Å². The molecule has 0 bridgehead atoms. The number of sulfonamides is 1. The number of halogens is 1. The summed E-state index contributed by atoms with van der Waals surface area (Å²) >= 11 is 7.57. The second-order valence-electron chi connectivity index (χ2n) is 4.54. The number of nitrogens with zero attached hydrogens (tertiary/aromatic N) is 1. The third kappa shape index (κ3) is 3.79. The average molecular weight is 331 g/mol. The Balaban J connectivity index is 2.10. The van der Waals surface area contributed by atoms with Crippen molar-refractivity contribution in [3.8, 4) is 0 Å². The number of aromatic nitrogens is 1. The normalized spacial score (nSPS) is 13.3. The van der Waals surface area contributed by atoms with Crippen LogP contribution in [0.1, 0.15) is 16.7 Å². The highest BCUT2D eigenvalue weighted by atomic mass is 35.5. The first-order valence-electron chi connectivity index (χ1n) is 6.05. The van der Waals surface area contributed by atoms with E-state index in [2.05, 4.69) is 9.71 Å². The van der Waals surface area contributed by atoms with Gasteiger partial charge in [0, 0.05) is 28.2 Å². The molecule has 0 spiro atoms. The lowest BCUT2D eigenvalue weighted by molar-refractivity contribution is 0.560. The first-order valence-corrected chi connectivity index (χ1v) is 8.73. The van der Waals surface area contributed by atoms with Crippen molar-refractivity contribution >= 4 is 33.0 Å². The van der Waals surface area contributed by atoms with Gasteiger partial charge in [0.25, 0.3) is 0 Å². The first kappa shape index (κ1) is 15.4. The van der Waals surface area contributed by atoms with Crippen LogP contribution in [0.5, 0.6) is 0 Å². The Kier molecular flexibility index (Phi) is 4.80. The molecule has 2 rings (SSSR count). The van der Waals surface area contributed by atoms with E-state index >= 15 is 0 Å². The van der Waals surface area contributed by atoms with Crippen LogP contribution in [0, 0.1) is 6.92 Å². The molecule has 0 radical (unpaired) electrons. The minimum Gasteiger partial charge on any atom is -0.263 e. The highest BCUT2D eigenvalue weighted by Crippen LogP contribution is 2.21. The summed E-state index contributed by atoms with van der Waals surface area (Å²) in [6.45, 7) is 3.86. The summed E-state index contributed by atoms with van der Waals surface area (Å²) in [5.41, 5.74) is 0. The van der Waals surface area contributed by atoms with Gasteiger partial charge < -0.3 is 0 Å². The van der Waals surface area contributed by atoms with Gasteiger partial charge in [-0.1, -0.05) is 11.6 Å². The maximum absolute atomic E-state index is 12.2. The van der Waals surface area contributed by atoms with Crippen LogP contribution in [0.15, 0.2) is 35.5 Å². The molecule has 108 valence electrons. The van der Waals surface area contributed by atoms with Crippen molar-refractivity contribution in [2.45, 2.75) is 31.2 Å². The number of thiophene rings is 1. The Labute approximate surface area is 127 Å². The van der Waals surface area contributed by atoms with Crippen LogP contribution in [-0.4, -0.2) is 19.4 Å². The van der Waals surface area contributed by atoms with Crippen LogP contribution in [0.4, 0.5) is 0 Å². The second-order valence-corrected chi connectivity index (χ2v) is 8.01. The molecular formula is C13H15ClN2O2S2. The lowest BCUT2D eigenvalue weighted by atomic mass is 10.2. The summed E-state index contributed by atoms with van der Waals surface area (Å²) < 4.78 is 27.1. The molecule has 1 unspecified atom stereocenters. The van der Waals surface area contributed by atoms with Gasteiger partial charge in [0.15, 0.2) is 0 Å². The van der Waals surface area contributed by atoms with Gasteiger partial charge in [0.1, 0.15) is 4.90 Å². The third-order valence-electron chi connectivity index (χ3n) is 2.68. The van der Waals surface area contributed by atoms with Gasteiger partial charge in [-0.05, 0) is 38.5 Å². The molecule has 0 saturated carbocycles. The molecule has 1 atom stereocenters. The Bertz CT molecular complexity index is 698. The van der Waals surface area contributed by atoms with Crippen molar-refractivity contribution in [3.63, 3.8) is 0 Å². The zero-order chi connectivity index (χ0) is 14.8. The van der Waals surface area contributed by atoms with Gasteiger partial charge in [-0.15, -0.1) is 11.3 Å². The van der Waals surface area contributed by atoms with Crippen molar-refractivity contribution in [3.05, 3.63) is 45.4 Å². The van der Waals surface area contributed by atoms with Gasteiger partial charge in [-0.25, -0.2) is 13.1 Å². The summed E-state index contributed by atoms with van der Waals surface area (Å²) in [6, 6.07) is 5.29. The topological polar surface area (TPSA) is 59.1 Å². The molecule has 20 heavy (non-hydrogen) atoms. The summed E-state index contributed by atoms with van der Waals surface area (Å²) in [6.07, 6.45) is 3.36. The van der Waals surface area contributed by atoms with Crippen LogP contribution in [0.3, 0.4) is 0 Å². The van der Waals surface area contributed by atoms with Crippen LogP contribution < -0.4 is 4.72 Å². The molecule has 2 aromatic heterocycles.